The molecule has 0 aliphatic rings. The zero-order chi connectivity index (χ0) is 11.3. The molecular weight excluding hydrogens is 186 g/mol. The van der Waals surface area contributed by atoms with Crippen molar-refractivity contribution in [2.45, 2.75) is 33.1 Å². The van der Waals surface area contributed by atoms with Crippen molar-refractivity contribution in [3.8, 4) is 0 Å². The van der Waals surface area contributed by atoms with E-state index in [0.717, 1.165) is 13.0 Å². The molecular formula is C13H19NO. The first-order valence-electron chi connectivity index (χ1n) is 5.43. The van der Waals surface area contributed by atoms with E-state index >= 15 is 0 Å². The molecule has 0 aromatic heterocycles. The lowest BCUT2D eigenvalue weighted by atomic mass is 10.00. The number of benzene rings is 1. The maximum atomic E-state index is 10.7. The lowest BCUT2D eigenvalue weighted by molar-refractivity contribution is -0.118. The summed E-state index contributed by atoms with van der Waals surface area (Å²) < 4.78 is 0. The van der Waals surface area contributed by atoms with Gasteiger partial charge in [0, 0.05) is 13.5 Å². The quantitative estimate of drug-likeness (QED) is 0.804. The van der Waals surface area contributed by atoms with Gasteiger partial charge < -0.3 is 5.32 Å². The van der Waals surface area contributed by atoms with Crippen LogP contribution in [0.5, 0.6) is 0 Å². The smallest absolute Gasteiger partial charge is 0.216 e. The van der Waals surface area contributed by atoms with Crippen LogP contribution in [-0.2, 0) is 11.2 Å². The molecule has 15 heavy (non-hydrogen) atoms. The molecule has 0 heterocycles. The Kier molecular flexibility index (Phi) is 4.35. The summed E-state index contributed by atoms with van der Waals surface area (Å²) in [5.74, 6) is 0.598. The van der Waals surface area contributed by atoms with Gasteiger partial charge in [-0.2, -0.15) is 0 Å². The van der Waals surface area contributed by atoms with Crippen LogP contribution in [0.4, 0.5) is 0 Å². The molecule has 82 valence electrons. The van der Waals surface area contributed by atoms with Crippen LogP contribution in [-0.4, -0.2) is 12.5 Å². The molecule has 0 aliphatic carbocycles. The monoisotopic (exact) mass is 205 g/mol. The normalized spacial score (nSPS) is 10.4. The molecule has 0 fully saturated rings. The van der Waals surface area contributed by atoms with Crippen molar-refractivity contribution in [3.63, 3.8) is 0 Å². The van der Waals surface area contributed by atoms with E-state index in [2.05, 4.69) is 43.4 Å². The van der Waals surface area contributed by atoms with Crippen LogP contribution in [0.25, 0.3) is 0 Å². The van der Waals surface area contributed by atoms with Crippen molar-refractivity contribution in [2.75, 3.05) is 6.54 Å². The van der Waals surface area contributed by atoms with Gasteiger partial charge in [0.25, 0.3) is 0 Å². The summed E-state index contributed by atoms with van der Waals surface area (Å²) in [6.07, 6.45) is 0.903. The molecule has 1 rings (SSSR count). The van der Waals surface area contributed by atoms with Gasteiger partial charge in [-0.15, -0.1) is 0 Å². The minimum Gasteiger partial charge on any atom is -0.356 e. The lowest BCUT2D eigenvalue weighted by Crippen LogP contribution is -2.22. The van der Waals surface area contributed by atoms with Crippen LogP contribution in [0, 0.1) is 0 Å². The summed E-state index contributed by atoms with van der Waals surface area (Å²) in [6.45, 7) is 6.64. The van der Waals surface area contributed by atoms with Crippen molar-refractivity contribution in [1.29, 1.82) is 0 Å². The van der Waals surface area contributed by atoms with Gasteiger partial charge in [0.15, 0.2) is 0 Å². The Balaban J connectivity index is 2.54. The standard InChI is InChI=1S/C13H19NO/c1-10(2)13-6-4-5-12(9-13)7-8-14-11(3)15/h4-6,9-10H,7-8H2,1-3H3,(H,14,15). The predicted molar refractivity (Wildman–Crippen MR) is 62.9 cm³/mol. The molecule has 0 bridgehead atoms. The molecule has 0 unspecified atom stereocenters. The summed E-state index contributed by atoms with van der Waals surface area (Å²) in [6, 6.07) is 8.55. The van der Waals surface area contributed by atoms with Gasteiger partial charge in [0.1, 0.15) is 0 Å². The van der Waals surface area contributed by atoms with Crippen LogP contribution in [0.2, 0.25) is 0 Å². The van der Waals surface area contributed by atoms with Gasteiger partial charge in [-0.25, -0.2) is 0 Å². The van der Waals surface area contributed by atoms with Crippen LogP contribution in [0.3, 0.4) is 0 Å². The van der Waals surface area contributed by atoms with Gasteiger partial charge in [0.05, 0.1) is 0 Å². The van der Waals surface area contributed by atoms with Crippen LogP contribution in [0.1, 0.15) is 37.8 Å². The maximum Gasteiger partial charge on any atom is 0.216 e. The van der Waals surface area contributed by atoms with Gasteiger partial charge in [-0.05, 0) is 23.5 Å². The fourth-order valence-electron chi connectivity index (χ4n) is 1.49. The number of carbonyl (C=O) groups excluding carboxylic acids is 1. The second-order valence-corrected chi connectivity index (χ2v) is 4.13. The Morgan fingerprint density at radius 3 is 2.73 bits per heavy atom. The van der Waals surface area contributed by atoms with E-state index in [1.165, 1.54) is 11.1 Å². The average molecular weight is 205 g/mol. The highest BCUT2D eigenvalue weighted by Gasteiger charge is 2.00. The maximum absolute atomic E-state index is 10.7. The third kappa shape index (κ3) is 4.15. The van der Waals surface area contributed by atoms with E-state index in [1.807, 2.05) is 0 Å². The van der Waals surface area contributed by atoms with Crippen molar-refractivity contribution in [1.82, 2.24) is 5.32 Å². The first-order chi connectivity index (χ1) is 7.09. The highest BCUT2D eigenvalue weighted by atomic mass is 16.1. The number of hydrogen-bond donors (Lipinski definition) is 1. The Bertz CT molecular complexity index is 331. The van der Waals surface area contributed by atoms with Gasteiger partial charge in [-0.1, -0.05) is 38.1 Å². The molecule has 0 aliphatic heterocycles. The molecule has 0 atom stereocenters. The molecule has 1 aromatic carbocycles. The average Bonchev–Trinajstić information content (AvgIpc) is 2.17. The van der Waals surface area contributed by atoms with Crippen LogP contribution in [0.15, 0.2) is 24.3 Å². The number of carbonyl (C=O) groups is 1. The minimum atomic E-state index is 0.0371. The number of amides is 1. The lowest BCUT2D eigenvalue weighted by Gasteiger charge is -2.08. The summed E-state index contributed by atoms with van der Waals surface area (Å²) in [4.78, 5) is 10.7. The molecule has 1 aromatic rings. The zero-order valence-electron chi connectivity index (χ0n) is 9.71. The van der Waals surface area contributed by atoms with E-state index in [4.69, 9.17) is 0 Å². The number of rotatable bonds is 4. The van der Waals surface area contributed by atoms with Crippen LogP contribution >= 0.6 is 0 Å². The van der Waals surface area contributed by atoms with Crippen molar-refractivity contribution in [3.05, 3.63) is 35.4 Å². The SMILES string of the molecule is CC(=O)NCCc1cccc(C(C)C)c1. The third-order valence-electron chi connectivity index (χ3n) is 2.41. The molecule has 2 nitrogen and oxygen atoms in total. The number of nitrogens with one attached hydrogen (secondary N) is 1. The van der Waals surface area contributed by atoms with E-state index in [0.29, 0.717) is 5.92 Å². The number of hydrogen-bond acceptors (Lipinski definition) is 1. The van der Waals surface area contributed by atoms with E-state index in [1.54, 1.807) is 6.92 Å². The Morgan fingerprint density at radius 1 is 1.40 bits per heavy atom. The topological polar surface area (TPSA) is 29.1 Å². The van der Waals surface area contributed by atoms with Gasteiger partial charge >= 0.3 is 0 Å². The highest BCUT2D eigenvalue weighted by Crippen LogP contribution is 2.15. The largest absolute Gasteiger partial charge is 0.356 e. The summed E-state index contributed by atoms with van der Waals surface area (Å²) >= 11 is 0. The molecule has 2 heteroatoms. The van der Waals surface area contributed by atoms with Gasteiger partial charge in [-0.3, -0.25) is 4.79 Å². The second-order valence-electron chi connectivity index (χ2n) is 4.13. The molecule has 1 N–H and O–H groups in total. The first kappa shape index (κ1) is 11.8. The summed E-state index contributed by atoms with van der Waals surface area (Å²) in [5, 5.41) is 2.80. The van der Waals surface area contributed by atoms with E-state index < -0.39 is 0 Å². The minimum absolute atomic E-state index is 0.0371. The Morgan fingerprint density at radius 2 is 2.13 bits per heavy atom. The molecule has 0 spiro atoms. The summed E-state index contributed by atoms with van der Waals surface area (Å²) in [5.41, 5.74) is 2.64. The van der Waals surface area contributed by atoms with Gasteiger partial charge in [0.2, 0.25) is 5.91 Å². The van der Waals surface area contributed by atoms with Crippen LogP contribution < -0.4 is 5.32 Å². The molecule has 0 saturated carbocycles. The summed E-state index contributed by atoms with van der Waals surface area (Å²) in [7, 11) is 0. The van der Waals surface area contributed by atoms with Crippen molar-refractivity contribution >= 4 is 5.91 Å². The predicted octanol–water partition coefficient (Wildman–Crippen LogP) is 2.49. The fraction of sp³-hybridized carbons (Fsp3) is 0.462. The second kappa shape index (κ2) is 5.54. The molecule has 0 saturated heterocycles. The van der Waals surface area contributed by atoms with E-state index in [-0.39, 0.29) is 5.91 Å². The van der Waals surface area contributed by atoms with Crippen molar-refractivity contribution < 1.29 is 4.79 Å². The fourth-order valence-corrected chi connectivity index (χ4v) is 1.49. The molecule has 0 radical (unpaired) electrons. The third-order valence-corrected chi connectivity index (χ3v) is 2.41. The first-order valence-corrected chi connectivity index (χ1v) is 5.43. The highest BCUT2D eigenvalue weighted by molar-refractivity contribution is 5.72. The van der Waals surface area contributed by atoms with E-state index in [9.17, 15) is 4.79 Å². The zero-order valence-corrected chi connectivity index (χ0v) is 9.71. The Labute approximate surface area is 91.7 Å². The Hall–Kier alpha value is -1.31. The molecule has 1 amide bonds. The van der Waals surface area contributed by atoms with Crippen molar-refractivity contribution in [2.24, 2.45) is 0 Å².